The lowest BCUT2D eigenvalue weighted by Gasteiger charge is -2.33. The van der Waals surface area contributed by atoms with Crippen LogP contribution >= 0.6 is 22.9 Å². The smallest absolute Gasteiger partial charge is 0.273 e. The van der Waals surface area contributed by atoms with Gasteiger partial charge in [0.2, 0.25) is 0 Å². The number of carbonyl (C=O) groups excluding carboxylic acids is 1. The van der Waals surface area contributed by atoms with Crippen LogP contribution < -0.4 is 0 Å². The Labute approximate surface area is 98.1 Å². The quantitative estimate of drug-likeness (QED) is 0.710. The first kappa shape index (κ1) is 10.9. The topological polar surface area (TPSA) is 33.2 Å². The number of likely N-dealkylation sites (tertiary alicyclic amines) is 1. The van der Waals surface area contributed by atoms with Gasteiger partial charge in [-0.05, 0) is 12.3 Å². The van der Waals surface area contributed by atoms with Gasteiger partial charge < -0.3 is 4.90 Å². The summed E-state index contributed by atoms with van der Waals surface area (Å²) in [6, 6.07) is 0. The average molecular weight is 245 g/mol. The van der Waals surface area contributed by atoms with Gasteiger partial charge in [-0.3, -0.25) is 4.79 Å². The van der Waals surface area contributed by atoms with E-state index in [2.05, 4.69) is 11.9 Å². The predicted molar refractivity (Wildman–Crippen MR) is 61.4 cm³/mol. The lowest BCUT2D eigenvalue weighted by Crippen LogP contribution is -2.43. The third-order valence-electron chi connectivity index (χ3n) is 2.74. The molecule has 2 rings (SSSR count). The Morgan fingerprint density at radius 3 is 3.13 bits per heavy atom. The molecule has 0 aromatic carbocycles. The van der Waals surface area contributed by atoms with Crippen molar-refractivity contribution >= 4 is 28.8 Å². The minimum absolute atomic E-state index is 0.0340. The van der Waals surface area contributed by atoms with Gasteiger partial charge in [0.05, 0.1) is 5.51 Å². The van der Waals surface area contributed by atoms with Crippen LogP contribution in [0.3, 0.4) is 0 Å². The summed E-state index contributed by atoms with van der Waals surface area (Å²) in [5, 5.41) is 1.99. The van der Waals surface area contributed by atoms with Crippen molar-refractivity contribution in [2.24, 2.45) is 5.92 Å². The van der Waals surface area contributed by atoms with E-state index in [0.29, 0.717) is 11.6 Å². The maximum Gasteiger partial charge on any atom is 0.273 e. The molecule has 1 saturated heterocycles. The van der Waals surface area contributed by atoms with E-state index in [-0.39, 0.29) is 11.3 Å². The molecular formula is C10H13ClN2OS. The van der Waals surface area contributed by atoms with E-state index >= 15 is 0 Å². The zero-order valence-electron chi connectivity index (χ0n) is 8.52. The molecule has 2 heterocycles. The van der Waals surface area contributed by atoms with Gasteiger partial charge in [0.1, 0.15) is 5.69 Å². The van der Waals surface area contributed by atoms with Gasteiger partial charge >= 0.3 is 0 Å². The lowest BCUT2D eigenvalue weighted by molar-refractivity contribution is 0.0682. The van der Waals surface area contributed by atoms with Crippen LogP contribution in [0.2, 0.25) is 0 Å². The lowest BCUT2D eigenvalue weighted by atomic mass is 9.99. The van der Waals surface area contributed by atoms with E-state index in [4.69, 9.17) is 11.6 Å². The van der Waals surface area contributed by atoms with E-state index in [1.807, 2.05) is 4.90 Å². The summed E-state index contributed by atoms with van der Waals surface area (Å²) < 4.78 is 0. The summed E-state index contributed by atoms with van der Waals surface area (Å²) in [4.78, 5) is 17.8. The first-order valence-corrected chi connectivity index (χ1v) is 6.38. The molecule has 5 heteroatoms. The van der Waals surface area contributed by atoms with E-state index in [0.717, 1.165) is 19.5 Å². The number of hydrogen-bond donors (Lipinski definition) is 0. The van der Waals surface area contributed by atoms with Gasteiger partial charge in [0.15, 0.2) is 0 Å². The van der Waals surface area contributed by atoms with E-state index in [1.165, 1.54) is 11.3 Å². The van der Waals surface area contributed by atoms with Gasteiger partial charge in [0, 0.05) is 23.8 Å². The fraction of sp³-hybridized carbons (Fsp3) is 0.600. The van der Waals surface area contributed by atoms with Crippen molar-refractivity contribution in [2.75, 3.05) is 13.1 Å². The monoisotopic (exact) mass is 244 g/mol. The Hall–Kier alpha value is -0.610. The number of amides is 1. The minimum atomic E-state index is 0.0340. The first-order chi connectivity index (χ1) is 7.18. The molecule has 2 atom stereocenters. The van der Waals surface area contributed by atoms with Crippen LogP contribution in [0.5, 0.6) is 0 Å². The van der Waals surface area contributed by atoms with Crippen molar-refractivity contribution in [2.45, 2.75) is 18.7 Å². The molecular weight excluding hydrogens is 232 g/mol. The fourth-order valence-corrected chi connectivity index (χ4v) is 2.48. The molecule has 1 aromatic rings. The molecule has 1 amide bonds. The second-order valence-corrected chi connectivity index (χ2v) is 5.19. The summed E-state index contributed by atoms with van der Waals surface area (Å²) in [5.74, 6) is 0.398. The average Bonchev–Trinajstić information content (AvgIpc) is 2.74. The molecule has 1 aliphatic rings. The van der Waals surface area contributed by atoms with Crippen molar-refractivity contribution in [3.05, 3.63) is 16.6 Å². The van der Waals surface area contributed by atoms with E-state index in [9.17, 15) is 4.79 Å². The standard InChI is InChI=1S/C10H13ClN2OS/c1-7-4-13(3-2-8(7)11)10(14)9-5-15-6-12-9/h5-8H,2-4H2,1H3. The SMILES string of the molecule is CC1CN(C(=O)c2cscn2)CCC1Cl. The molecule has 0 saturated carbocycles. The molecule has 0 N–H and O–H groups in total. The molecule has 82 valence electrons. The molecule has 0 aliphatic carbocycles. The molecule has 0 bridgehead atoms. The zero-order chi connectivity index (χ0) is 10.8. The Bertz CT molecular complexity index is 341. The number of alkyl halides is 1. The van der Waals surface area contributed by atoms with Crippen molar-refractivity contribution in [3.63, 3.8) is 0 Å². The first-order valence-electron chi connectivity index (χ1n) is 5.00. The molecule has 1 aliphatic heterocycles. The Morgan fingerprint density at radius 1 is 1.73 bits per heavy atom. The number of rotatable bonds is 1. The van der Waals surface area contributed by atoms with Gasteiger partial charge in [-0.1, -0.05) is 6.92 Å². The van der Waals surface area contributed by atoms with Crippen LogP contribution in [0.4, 0.5) is 0 Å². The largest absolute Gasteiger partial charge is 0.337 e. The van der Waals surface area contributed by atoms with Gasteiger partial charge in [0.25, 0.3) is 5.91 Å². The zero-order valence-corrected chi connectivity index (χ0v) is 10.1. The van der Waals surface area contributed by atoms with E-state index < -0.39 is 0 Å². The summed E-state index contributed by atoms with van der Waals surface area (Å²) in [5.41, 5.74) is 2.24. The molecule has 2 unspecified atom stereocenters. The van der Waals surface area contributed by atoms with Gasteiger partial charge in [-0.25, -0.2) is 4.98 Å². The van der Waals surface area contributed by atoms with Gasteiger partial charge in [-0.15, -0.1) is 22.9 Å². The van der Waals surface area contributed by atoms with E-state index in [1.54, 1.807) is 10.9 Å². The van der Waals surface area contributed by atoms with Crippen molar-refractivity contribution in [3.8, 4) is 0 Å². The minimum Gasteiger partial charge on any atom is -0.337 e. The highest BCUT2D eigenvalue weighted by atomic mass is 35.5. The molecule has 0 spiro atoms. The number of hydrogen-bond acceptors (Lipinski definition) is 3. The Kier molecular flexibility index (Phi) is 3.26. The molecule has 0 radical (unpaired) electrons. The number of carbonyl (C=O) groups is 1. The van der Waals surface area contributed by atoms with Crippen LogP contribution in [0.25, 0.3) is 0 Å². The van der Waals surface area contributed by atoms with Crippen molar-refractivity contribution < 1.29 is 4.79 Å². The number of piperidine rings is 1. The normalized spacial score (nSPS) is 26.7. The number of aromatic nitrogens is 1. The summed E-state index contributed by atoms with van der Waals surface area (Å²) in [6.45, 7) is 3.57. The maximum atomic E-state index is 11.9. The summed E-state index contributed by atoms with van der Waals surface area (Å²) in [6.07, 6.45) is 0.874. The molecule has 1 fully saturated rings. The molecule has 15 heavy (non-hydrogen) atoms. The van der Waals surface area contributed by atoms with Crippen molar-refractivity contribution in [1.82, 2.24) is 9.88 Å². The van der Waals surface area contributed by atoms with Crippen LogP contribution in [0.1, 0.15) is 23.8 Å². The Morgan fingerprint density at radius 2 is 2.53 bits per heavy atom. The second-order valence-electron chi connectivity index (χ2n) is 3.91. The summed E-state index contributed by atoms with van der Waals surface area (Å²) in [7, 11) is 0. The number of nitrogens with zero attached hydrogens (tertiary/aromatic N) is 2. The second kappa shape index (κ2) is 4.49. The highest BCUT2D eigenvalue weighted by Crippen LogP contribution is 2.22. The van der Waals surface area contributed by atoms with Crippen LogP contribution in [-0.2, 0) is 0 Å². The maximum absolute atomic E-state index is 11.9. The number of halogens is 1. The van der Waals surface area contributed by atoms with Crippen molar-refractivity contribution in [1.29, 1.82) is 0 Å². The fourth-order valence-electron chi connectivity index (χ4n) is 1.78. The molecule has 3 nitrogen and oxygen atoms in total. The molecule has 1 aromatic heterocycles. The predicted octanol–water partition coefficient (Wildman–Crippen LogP) is 2.23. The van der Waals surface area contributed by atoms with Gasteiger partial charge in [-0.2, -0.15) is 0 Å². The van der Waals surface area contributed by atoms with Crippen LogP contribution in [-0.4, -0.2) is 34.3 Å². The number of thiazole rings is 1. The van der Waals surface area contributed by atoms with Crippen LogP contribution in [0, 0.1) is 5.92 Å². The third kappa shape index (κ3) is 2.32. The highest BCUT2D eigenvalue weighted by Gasteiger charge is 2.28. The van der Waals surface area contributed by atoms with Crippen LogP contribution in [0.15, 0.2) is 10.9 Å². The Balaban J connectivity index is 2.03. The third-order valence-corrected chi connectivity index (χ3v) is 3.97. The summed E-state index contributed by atoms with van der Waals surface area (Å²) >= 11 is 7.56. The highest BCUT2D eigenvalue weighted by molar-refractivity contribution is 7.07.